The Morgan fingerprint density at radius 1 is 1.32 bits per heavy atom. The van der Waals surface area contributed by atoms with Gasteiger partial charge in [0.25, 0.3) is 5.91 Å². The fraction of sp³-hybridized carbons (Fsp3) is 0.364. The van der Waals surface area contributed by atoms with Crippen molar-refractivity contribution in [2.24, 2.45) is 11.8 Å². The van der Waals surface area contributed by atoms with Gasteiger partial charge in [-0.3, -0.25) is 14.6 Å². The Hall–Kier alpha value is -3.02. The second kappa shape index (κ2) is 7.19. The highest BCUT2D eigenvalue weighted by Crippen LogP contribution is 2.41. The Morgan fingerprint density at radius 3 is 2.82 bits per heavy atom. The van der Waals surface area contributed by atoms with Crippen molar-refractivity contribution in [1.82, 2.24) is 20.3 Å². The van der Waals surface area contributed by atoms with Crippen LogP contribution in [0.2, 0.25) is 0 Å². The van der Waals surface area contributed by atoms with Gasteiger partial charge in [0.2, 0.25) is 0 Å². The number of Topliss-reactive ketones (excluding diaryl/α,β-unsaturated/α-hetero) is 1. The van der Waals surface area contributed by atoms with E-state index in [9.17, 15) is 9.59 Å². The first kappa shape index (κ1) is 18.3. The molecule has 3 aromatic heterocycles. The topological polar surface area (TPSA) is 87.7 Å². The van der Waals surface area contributed by atoms with Gasteiger partial charge in [0, 0.05) is 48.4 Å². The van der Waals surface area contributed by atoms with Gasteiger partial charge >= 0.3 is 0 Å². The molecule has 0 saturated heterocycles. The van der Waals surface area contributed by atoms with E-state index in [0.29, 0.717) is 29.5 Å². The van der Waals surface area contributed by atoms with Crippen molar-refractivity contribution >= 4 is 22.6 Å². The molecule has 0 spiro atoms. The fourth-order valence-corrected chi connectivity index (χ4v) is 3.73. The third-order valence-corrected chi connectivity index (χ3v) is 5.77. The Bertz CT molecular complexity index is 1060. The molecule has 1 saturated carbocycles. The molecule has 2 N–H and O–H groups in total. The smallest absolute Gasteiger partial charge is 0.269 e. The van der Waals surface area contributed by atoms with E-state index in [1.54, 1.807) is 19.3 Å². The Labute approximate surface area is 163 Å². The molecule has 144 valence electrons. The van der Waals surface area contributed by atoms with E-state index >= 15 is 0 Å². The Balaban J connectivity index is 1.74. The first-order valence-corrected chi connectivity index (χ1v) is 9.66. The van der Waals surface area contributed by atoms with Crippen molar-refractivity contribution in [3.8, 4) is 0 Å². The second-order valence-corrected chi connectivity index (χ2v) is 7.73. The number of hydrogen-bond donors (Lipinski definition) is 2. The lowest BCUT2D eigenvalue weighted by molar-refractivity contribution is 0.0958. The number of H-pyrrole nitrogens is 1. The molecular weight excluding hydrogens is 352 g/mol. The van der Waals surface area contributed by atoms with Crippen molar-refractivity contribution in [2.75, 3.05) is 7.05 Å². The molecule has 0 aromatic carbocycles. The van der Waals surface area contributed by atoms with Gasteiger partial charge in [-0.15, -0.1) is 0 Å². The van der Waals surface area contributed by atoms with E-state index in [-0.39, 0.29) is 23.3 Å². The van der Waals surface area contributed by atoms with E-state index in [2.05, 4.69) is 27.2 Å². The predicted molar refractivity (Wildman–Crippen MR) is 107 cm³/mol. The SMILES string of the molecule is CNC(=O)c1cc(C(=O)C[C@H]2C[C@@H]2C)cc([C@H](C)c2cncc3[nH]ccc23)n1. The highest BCUT2D eigenvalue weighted by Gasteiger charge is 2.34. The third kappa shape index (κ3) is 3.42. The second-order valence-electron chi connectivity index (χ2n) is 7.73. The van der Waals surface area contributed by atoms with Crippen LogP contribution in [-0.4, -0.2) is 33.7 Å². The largest absolute Gasteiger partial charge is 0.360 e. The summed E-state index contributed by atoms with van der Waals surface area (Å²) >= 11 is 0. The molecule has 0 radical (unpaired) electrons. The summed E-state index contributed by atoms with van der Waals surface area (Å²) in [4.78, 5) is 37.1. The normalized spacial score (nSPS) is 19.4. The highest BCUT2D eigenvalue weighted by atomic mass is 16.1. The highest BCUT2D eigenvalue weighted by molar-refractivity contribution is 6.00. The van der Waals surface area contributed by atoms with Crippen LogP contribution in [0.25, 0.3) is 10.9 Å². The number of nitrogens with one attached hydrogen (secondary N) is 2. The van der Waals surface area contributed by atoms with Crippen molar-refractivity contribution in [3.63, 3.8) is 0 Å². The van der Waals surface area contributed by atoms with Crippen molar-refractivity contribution in [1.29, 1.82) is 0 Å². The first-order valence-electron chi connectivity index (χ1n) is 9.66. The zero-order valence-corrected chi connectivity index (χ0v) is 16.3. The Morgan fingerprint density at radius 2 is 2.11 bits per heavy atom. The Kier molecular flexibility index (Phi) is 4.71. The molecule has 6 heteroatoms. The summed E-state index contributed by atoms with van der Waals surface area (Å²) in [6, 6.07) is 5.45. The molecule has 0 bridgehead atoms. The van der Waals surface area contributed by atoms with Crippen LogP contribution in [0, 0.1) is 11.8 Å². The minimum atomic E-state index is -0.291. The maximum Gasteiger partial charge on any atom is 0.269 e. The number of ketones is 1. The standard InChI is InChI=1S/C22H24N4O2/c1-12-6-14(12)9-21(27)15-7-18(26-19(8-15)22(28)23-3)13(2)17-10-24-11-20-16(17)4-5-25-20/h4-5,7-8,10-14,25H,6,9H2,1-3H3,(H,23,28)/t12-,13+,14+/m0/s1. The van der Waals surface area contributed by atoms with Crippen LogP contribution in [0.1, 0.15) is 64.7 Å². The van der Waals surface area contributed by atoms with E-state index < -0.39 is 0 Å². The summed E-state index contributed by atoms with van der Waals surface area (Å²) in [6.07, 6.45) is 7.11. The van der Waals surface area contributed by atoms with Crippen LogP contribution in [0.4, 0.5) is 0 Å². The molecule has 3 aromatic rings. The lowest BCUT2D eigenvalue weighted by Crippen LogP contribution is -2.21. The molecule has 1 fully saturated rings. The van der Waals surface area contributed by atoms with Crippen LogP contribution in [0.3, 0.4) is 0 Å². The number of rotatable bonds is 6. The molecule has 1 amide bonds. The van der Waals surface area contributed by atoms with E-state index in [0.717, 1.165) is 22.9 Å². The first-order chi connectivity index (χ1) is 13.5. The van der Waals surface area contributed by atoms with E-state index in [4.69, 9.17) is 0 Å². The summed E-state index contributed by atoms with van der Waals surface area (Å²) in [5, 5.41) is 3.67. The monoisotopic (exact) mass is 376 g/mol. The lowest BCUT2D eigenvalue weighted by Gasteiger charge is -2.15. The van der Waals surface area contributed by atoms with Crippen LogP contribution < -0.4 is 5.32 Å². The van der Waals surface area contributed by atoms with Gasteiger partial charge in [0.15, 0.2) is 5.78 Å². The number of carbonyl (C=O) groups excluding carboxylic acids is 2. The summed E-state index contributed by atoms with van der Waals surface area (Å²) in [6.45, 7) is 4.19. The maximum atomic E-state index is 12.8. The number of carbonyl (C=O) groups is 2. The van der Waals surface area contributed by atoms with Crippen LogP contribution in [-0.2, 0) is 0 Å². The minimum Gasteiger partial charge on any atom is -0.360 e. The molecule has 0 unspecified atom stereocenters. The molecule has 1 aliphatic carbocycles. The van der Waals surface area contributed by atoms with Crippen molar-refractivity contribution in [2.45, 2.75) is 32.6 Å². The zero-order valence-electron chi connectivity index (χ0n) is 16.3. The fourth-order valence-electron chi connectivity index (χ4n) is 3.73. The number of fused-ring (bicyclic) bond motifs is 1. The number of aromatic amines is 1. The molecule has 28 heavy (non-hydrogen) atoms. The number of hydrogen-bond acceptors (Lipinski definition) is 4. The van der Waals surface area contributed by atoms with E-state index in [1.165, 1.54) is 0 Å². The molecule has 3 atom stereocenters. The van der Waals surface area contributed by atoms with Crippen LogP contribution in [0.15, 0.2) is 36.8 Å². The molecule has 0 aliphatic heterocycles. The van der Waals surface area contributed by atoms with Crippen molar-refractivity contribution < 1.29 is 9.59 Å². The van der Waals surface area contributed by atoms with Gasteiger partial charge in [-0.25, -0.2) is 4.98 Å². The van der Waals surface area contributed by atoms with Gasteiger partial charge in [-0.2, -0.15) is 0 Å². The summed E-state index contributed by atoms with van der Waals surface area (Å²) < 4.78 is 0. The van der Waals surface area contributed by atoms with E-state index in [1.807, 2.05) is 31.5 Å². The molecule has 4 rings (SSSR count). The number of nitrogens with zero attached hydrogens (tertiary/aromatic N) is 2. The summed E-state index contributed by atoms with van der Waals surface area (Å²) in [5.41, 5.74) is 3.49. The quantitative estimate of drug-likeness (QED) is 0.642. The number of aromatic nitrogens is 3. The van der Waals surface area contributed by atoms with Crippen LogP contribution in [0.5, 0.6) is 0 Å². The average Bonchev–Trinajstić information content (AvgIpc) is 3.19. The average molecular weight is 376 g/mol. The summed E-state index contributed by atoms with van der Waals surface area (Å²) in [5.74, 6) is 0.750. The summed E-state index contributed by atoms with van der Waals surface area (Å²) in [7, 11) is 1.57. The number of pyridine rings is 2. The minimum absolute atomic E-state index is 0.0772. The zero-order chi connectivity index (χ0) is 19.8. The number of amides is 1. The molecule has 3 heterocycles. The predicted octanol–water partition coefficient (Wildman–Crippen LogP) is 3.70. The molecule has 1 aliphatic rings. The van der Waals surface area contributed by atoms with Gasteiger partial charge in [0.05, 0.1) is 11.7 Å². The van der Waals surface area contributed by atoms with Gasteiger partial charge < -0.3 is 10.3 Å². The lowest BCUT2D eigenvalue weighted by atomic mass is 9.93. The molecular formula is C22H24N4O2. The van der Waals surface area contributed by atoms with Crippen molar-refractivity contribution in [3.05, 3.63) is 59.3 Å². The third-order valence-electron chi connectivity index (χ3n) is 5.77. The van der Waals surface area contributed by atoms with Gasteiger partial charge in [-0.05, 0) is 42.0 Å². The van der Waals surface area contributed by atoms with Crippen LogP contribution >= 0.6 is 0 Å². The maximum absolute atomic E-state index is 12.8. The van der Waals surface area contributed by atoms with Gasteiger partial charge in [0.1, 0.15) is 5.69 Å². The van der Waals surface area contributed by atoms with Gasteiger partial charge in [-0.1, -0.05) is 13.8 Å². The molecule has 6 nitrogen and oxygen atoms in total.